The van der Waals surface area contributed by atoms with E-state index in [4.69, 9.17) is 30.6 Å². The lowest BCUT2D eigenvalue weighted by molar-refractivity contribution is -0.0465. The third-order valence-electron chi connectivity index (χ3n) is 2.41. The molecule has 0 saturated heterocycles. The average Bonchev–Trinajstić information content (AvgIpc) is 2.34. The molecular formula is C11H26O6. The summed E-state index contributed by atoms with van der Waals surface area (Å²) in [5, 5.41) is 50.7. The number of aliphatic hydroxyl groups excluding tert-OH is 5. The van der Waals surface area contributed by atoms with Gasteiger partial charge in [0, 0.05) is 0 Å². The highest BCUT2D eigenvalue weighted by Crippen LogP contribution is 2.11. The third kappa shape index (κ3) is 10.6. The quantitative estimate of drug-likeness (QED) is 0.239. The number of rotatable bonds is 8. The van der Waals surface area contributed by atoms with Crippen molar-refractivity contribution in [1.29, 1.82) is 0 Å². The lowest BCUT2D eigenvalue weighted by atomic mass is 9.93. The average molecular weight is 254 g/mol. The molecule has 0 radical (unpaired) electrons. The van der Waals surface area contributed by atoms with Gasteiger partial charge in [0.15, 0.2) is 6.29 Å². The molecule has 0 atom stereocenters. The summed E-state index contributed by atoms with van der Waals surface area (Å²) in [5.41, 5.74) is -1.11. The lowest BCUT2D eigenvalue weighted by Crippen LogP contribution is -2.37. The highest BCUT2D eigenvalue weighted by Gasteiger charge is 2.26. The Hall–Kier alpha value is -0.240. The van der Waals surface area contributed by atoms with Crippen LogP contribution in [0.5, 0.6) is 0 Å². The molecule has 0 spiro atoms. The predicted octanol–water partition coefficient (Wildman–Crippen LogP) is -1.18. The molecule has 0 heterocycles. The molecule has 0 aromatic heterocycles. The number of aliphatic hydroxyl groups is 6. The lowest BCUT2D eigenvalue weighted by Gasteiger charge is -2.23. The van der Waals surface area contributed by atoms with Crippen LogP contribution in [0.4, 0.5) is 0 Å². The molecule has 0 fully saturated rings. The van der Waals surface area contributed by atoms with Gasteiger partial charge in [0.25, 0.3) is 0 Å². The summed E-state index contributed by atoms with van der Waals surface area (Å²) in [6.45, 7) is 0.462. The van der Waals surface area contributed by atoms with Crippen LogP contribution in [0.1, 0.15) is 32.6 Å². The number of unbranched alkanes of at least 4 members (excludes halogenated alkanes) is 2. The largest absolute Gasteiger partial charge is 0.396 e. The summed E-state index contributed by atoms with van der Waals surface area (Å²) < 4.78 is 0. The first-order valence-corrected chi connectivity index (χ1v) is 5.81. The minimum Gasteiger partial charge on any atom is -0.396 e. The van der Waals surface area contributed by atoms with Crippen molar-refractivity contribution in [2.24, 2.45) is 5.41 Å². The van der Waals surface area contributed by atoms with Gasteiger partial charge in [0.2, 0.25) is 0 Å². The maximum absolute atomic E-state index is 8.50. The summed E-state index contributed by atoms with van der Waals surface area (Å²) in [6, 6.07) is 0. The summed E-state index contributed by atoms with van der Waals surface area (Å²) in [6.07, 6.45) is 2.58. The fourth-order valence-corrected chi connectivity index (χ4v) is 0.877. The Morgan fingerprint density at radius 3 is 1.41 bits per heavy atom. The van der Waals surface area contributed by atoms with Gasteiger partial charge in [-0.2, -0.15) is 0 Å². The van der Waals surface area contributed by atoms with Crippen molar-refractivity contribution in [2.45, 2.75) is 38.9 Å². The van der Waals surface area contributed by atoms with E-state index in [1.165, 1.54) is 0 Å². The summed E-state index contributed by atoms with van der Waals surface area (Å²) in [5.74, 6) is 0. The topological polar surface area (TPSA) is 121 Å². The smallest absolute Gasteiger partial charge is 0.151 e. The van der Waals surface area contributed by atoms with E-state index in [1.54, 1.807) is 0 Å². The zero-order chi connectivity index (χ0) is 13.7. The van der Waals surface area contributed by atoms with Crippen LogP contribution in [0.15, 0.2) is 0 Å². The van der Waals surface area contributed by atoms with Crippen molar-refractivity contribution >= 4 is 0 Å². The van der Waals surface area contributed by atoms with E-state index in [-0.39, 0.29) is 0 Å². The van der Waals surface area contributed by atoms with Crippen molar-refractivity contribution in [1.82, 2.24) is 0 Å². The number of hydrogen-bond donors (Lipinski definition) is 6. The highest BCUT2D eigenvalue weighted by molar-refractivity contribution is 4.74. The second kappa shape index (κ2) is 12.2. The Balaban J connectivity index is 0. The molecule has 0 aromatic carbocycles. The van der Waals surface area contributed by atoms with Crippen LogP contribution in [-0.2, 0) is 0 Å². The molecule has 0 bridgehead atoms. The van der Waals surface area contributed by atoms with Gasteiger partial charge in [0.05, 0.1) is 31.8 Å². The van der Waals surface area contributed by atoms with E-state index in [0.717, 1.165) is 19.3 Å². The van der Waals surface area contributed by atoms with E-state index in [2.05, 4.69) is 6.92 Å². The first-order chi connectivity index (χ1) is 8.01. The molecule has 0 saturated carbocycles. The van der Waals surface area contributed by atoms with Crippen LogP contribution < -0.4 is 0 Å². The molecule has 0 aromatic rings. The molecule has 6 heteroatoms. The number of hydrogen-bond acceptors (Lipinski definition) is 6. The third-order valence-corrected chi connectivity index (χ3v) is 2.41. The maximum atomic E-state index is 8.50. The second-order valence-corrected chi connectivity index (χ2v) is 4.11. The second-order valence-electron chi connectivity index (χ2n) is 4.11. The Kier molecular flexibility index (Phi) is 13.7. The van der Waals surface area contributed by atoms with Crippen LogP contribution in [0, 0.1) is 5.41 Å². The van der Waals surface area contributed by atoms with E-state index < -0.39 is 38.1 Å². The predicted molar refractivity (Wildman–Crippen MR) is 63.1 cm³/mol. The van der Waals surface area contributed by atoms with Gasteiger partial charge in [-0.05, 0) is 12.8 Å². The van der Waals surface area contributed by atoms with Crippen LogP contribution >= 0.6 is 0 Å². The van der Waals surface area contributed by atoms with Crippen molar-refractivity contribution in [3.8, 4) is 0 Å². The van der Waals surface area contributed by atoms with Crippen LogP contribution in [0.25, 0.3) is 0 Å². The van der Waals surface area contributed by atoms with Crippen molar-refractivity contribution < 1.29 is 30.6 Å². The first kappa shape index (κ1) is 19.1. The Morgan fingerprint density at radius 2 is 1.24 bits per heavy atom. The van der Waals surface area contributed by atoms with Gasteiger partial charge in [-0.1, -0.05) is 19.8 Å². The minimum absolute atomic E-state index is 0.406. The van der Waals surface area contributed by atoms with Gasteiger partial charge < -0.3 is 30.6 Å². The molecule has 0 aliphatic heterocycles. The fraction of sp³-hybridized carbons (Fsp3) is 1.00. The normalized spacial score (nSPS) is 11.3. The Labute approximate surface area is 102 Å². The van der Waals surface area contributed by atoms with Crippen molar-refractivity contribution in [3.63, 3.8) is 0 Å². The molecule has 0 rings (SSSR count). The summed E-state index contributed by atoms with van der Waals surface area (Å²) in [4.78, 5) is 0. The van der Waals surface area contributed by atoms with Crippen LogP contribution in [0.2, 0.25) is 0 Å². The van der Waals surface area contributed by atoms with Crippen LogP contribution in [0.3, 0.4) is 0 Å². The van der Waals surface area contributed by atoms with E-state index in [0.29, 0.717) is 6.42 Å². The van der Waals surface area contributed by atoms with Gasteiger partial charge in [-0.3, -0.25) is 0 Å². The summed E-state index contributed by atoms with van der Waals surface area (Å²) in [7, 11) is 0. The van der Waals surface area contributed by atoms with Gasteiger partial charge in [-0.25, -0.2) is 0 Å². The molecular weight excluding hydrogens is 228 g/mol. The first-order valence-electron chi connectivity index (χ1n) is 5.81. The molecule has 0 amide bonds. The van der Waals surface area contributed by atoms with Gasteiger partial charge >= 0.3 is 0 Å². The standard InChI is InChI=1S/C6H14O2.C5H12O4/c1-2-3-4-5-6(7)8;6-1-5(2-7,3-8)4-9/h6-8H,2-5H2,1H3;6-9H,1-4H2. The zero-order valence-electron chi connectivity index (χ0n) is 10.4. The van der Waals surface area contributed by atoms with E-state index in [1.807, 2.05) is 0 Å². The van der Waals surface area contributed by atoms with E-state index >= 15 is 0 Å². The Bertz CT molecular complexity index is 129. The summed E-state index contributed by atoms with van der Waals surface area (Å²) >= 11 is 0. The molecule has 0 unspecified atom stereocenters. The van der Waals surface area contributed by atoms with Crippen molar-refractivity contribution in [3.05, 3.63) is 0 Å². The van der Waals surface area contributed by atoms with Crippen molar-refractivity contribution in [2.75, 3.05) is 26.4 Å². The molecule has 6 N–H and O–H groups in total. The molecule has 6 nitrogen and oxygen atoms in total. The van der Waals surface area contributed by atoms with E-state index in [9.17, 15) is 0 Å². The molecule has 0 aliphatic carbocycles. The van der Waals surface area contributed by atoms with Gasteiger partial charge in [0.1, 0.15) is 0 Å². The van der Waals surface area contributed by atoms with Crippen LogP contribution in [-0.4, -0.2) is 63.4 Å². The molecule has 17 heavy (non-hydrogen) atoms. The zero-order valence-corrected chi connectivity index (χ0v) is 10.4. The fourth-order valence-electron chi connectivity index (χ4n) is 0.877. The highest BCUT2D eigenvalue weighted by atomic mass is 16.5. The Morgan fingerprint density at radius 1 is 0.824 bits per heavy atom. The monoisotopic (exact) mass is 254 g/mol. The molecule has 106 valence electrons. The SMILES string of the molecule is CCCCCC(O)O.OCC(CO)(CO)CO. The minimum atomic E-state index is -1.11. The molecule has 0 aliphatic rings. The maximum Gasteiger partial charge on any atom is 0.151 e. The van der Waals surface area contributed by atoms with Gasteiger partial charge in [-0.15, -0.1) is 0 Å².